The molecule has 0 atom stereocenters. The van der Waals surface area contributed by atoms with Gasteiger partial charge in [-0.25, -0.2) is 0 Å². The minimum absolute atomic E-state index is 0.0470. The van der Waals surface area contributed by atoms with Gasteiger partial charge >= 0.3 is 6.18 Å². The molecule has 3 nitrogen and oxygen atoms in total. The Kier molecular flexibility index (Phi) is 5.20. The van der Waals surface area contributed by atoms with Gasteiger partial charge in [0.25, 0.3) is 0 Å². The Morgan fingerprint density at radius 1 is 0.962 bits per heavy atom. The summed E-state index contributed by atoms with van der Waals surface area (Å²) in [5.41, 5.74) is 2.30. The summed E-state index contributed by atoms with van der Waals surface area (Å²) in [6.07, 6.45) is -4.23. The van der Waals surface area contributed by atoms with Gasteiger partial charge in [-0.05, 0) is 36.2 Å². The second-order valence-corrected chi connectivity index (χ2v) is 6.53. The van der Waals surface area contributed by atoms with E-state index < -0.39 is 11.7 Å². The molecule has 0 saturated carbocycles. The Balaban J connectivity index is 1.56. The molecule has 0 aliphatic carbocycles. The maximum atomic E-state index is 12.6. The largest absolute Gasteiger partial charge is 0.416 e. The smallest absolute Gasteiger partial charge is 0.368 e. The van der Waals surface area contributed by atoms with E-state index in [1.807, 2.05) is 12.1 Å². The van der Waals surface area contributed by atoms with Crippen LogP contribution in [0.3, 0.4) is 0 Å². The summed E-state index contributed by atoms with van der Waals surface area (Å²) in [7, 11) is 0. The van der Waals surface area contributed by atoms with E-state index in [0.29, 0.717) is 18.7 Å². The zero-order chi connectivity index (χ0) is 18.7. The molecule has 1 fully saturated rings. The number of piperazine rings is 1. The first-order valence-electron chi connectivity index (χ1n) is 8.59. The summed E-state index contributed by atoms with van der Waals surface area (Å²) in [6, 6.07) is 13.0. The Labute approximate surface area is 151 Å². The van der Waals surface area contributed by atoms with Crippen LogP contribution in [0.15, 0.2) is 48.5 Å². The highest BCUT2D eigenvalue weighted by Crippen LogP contribution is 2.29. The van der Waals surface area contributed by atoms with Crippen LogP contribution in [0.4, 0.5) is 18.9 Å². The molecule has 26 heavy (non-hydrogen) atoms. The van der Waals surface area contributed by atoms with Crippen LogP contribution in [-0.4, -0.2) is 37.0 Å². The standard InChI is InChI=1S/C20H21F3N2O/c1-15-4-2-3-5-18(15)24-10-12-25(13-11-24)19(26)14-16-6-8-17(9-7-16)20(21,22)23/h2-9H,10-14H2,1H3. The third kappa shape index (κ3) is 4.18. The van der Waals surface area contributed by atoms with Gasteiger partial charge in [0.1, 0.15) is 0 Å². The number of aryl methyl sites for hydroxylation is 1. The predicted octanol–water partition coefficient (Wildman–Crippen LogP) is 3.91. The first-order chi connectivity index (χ1) is 12.3. The maximum absolute atomic E-state index is 12.6. The van der Waals surface area contributed by atoms with Gasteiger partial charge in [-0.2, -0.15) is 13.2 Å². The number of benzene rings is 2. The summed E-state index contributed by atoms with van der Waals surface area (Å²) >= 11 is 0. The molecule has 0 N–H and O–H groups in total. The Morgan fingerprint density at radius 2 is 1.58 bits per heavy atom. The fraction of sp³-hybridized carbons (Fsp3) is 0.350. The zero-order valence-corrected chi connectivity index (χ0v) is 14.6. The van der Waals surface area contributed by atoms with Gasteiger partial charge in [-0.1, -0.05) is 30.3 Å². The third-order valence-corrected chi connectivity index (χ3v) is 4.73. The molecule has 2 aromatic rings. The lowest BCUT2D eigenvalue weighted by atomic mass is 10.1. The van der Waals surface area contributed by atoms with Crippen molar-refractivity contribution in [2.45, 2.75) is 19.5 Å². The van der Waals surface area contributed by atoms with Crippen molar-refractivity contribution >= 4 is 11.6 Å². The molecule has 1 heterocycles. The SMILES string of the molecule is Cc1ccccc1N1CCN(C(=O)Cc2ccc(C(F)(F)F)cc2)CC1. The third-order valence-electron chi connectivity index (χ3n) is 4.73. The van der Waals surface area contributed by atoms with Crippen molar-refractivity contribution < 1.29 is 18.0 Å². The van der Waals surface area contributed by atoms with Gasteiger partial charge in [0.15, 0.2) is 0 Å². The molecule has 1 saturated heterocycles. The summed E-state index contributed by atoms with van der Waals surface area (Å²) in [6.45, 7) is 4.81. The highest BCUT2D eigenvalue weighted by Gasteiger charge is 2.30. The number of hydrogen-bond acceptors (Lipinski definition) is 2. The lowest BCUT2D eigenvalue weighted by Gasteiger charge is -2.37. The first-order valence-corrected chi connectivity index (χ1v) is 8.59. The fourth-order valence-electron chi connectivity index (χ4n) is 3.21. The van der Waals surface area contributed by atoms with E-state index >= 15 is 0 Å². The molecule has 2 aromatic carbocycles. The van der Waals surface area contributed by atoms with Crippen LogP contribution in [0.2, 0.25) is 0 Å². The van der Waals surface area contributed by atoms with E-state index in [4.69, 9.17) is 0 Å². The highest BCUT2D eigenvalue weighted by atomic mass is 19.4. The quantitative estimate of drug-likeness (QED) is 0.827. The molecule has 0 aromatic heterocycles. The average Bonchev–Trinajstić information content (AvgIpc) is 2.62. The first kappa shape index (κ1) is 18.3. The number of rotatable bonds is 3. The lowest BCUT2D eigenvalue weighted by Crippen LogP contribution is -2.49. The van der Waals surface area contributed by atoms with Crippen LogP contribution in [0.5, 0.6) is 0 Å². The van der Waals surface area contributed by atoms with Gasteiger partial charge < -0.3 is 9.80 Å². The van der Waals surface area contributed by atoms with Crippen molar-refractivity contribution in [2.24, 2.45) is 0 Å². The molecule has 0 bridgehead atoms. The summed E-state index contributed by atoms with van der Waals surface area (Å²) < 4.78 is 37.8. The van der Waals surface area contributed by atoms with Crippen LogP contribution in [-0.2, 0) is 17.4 Å². The zero-order valence-electron chi connectivity index (χ0n) is 14.6. The van der Waals surface area contributed by atoms with Crippen LogP contribution < -0.4 is 4.90 Å². The monoisotopic (exact) mass is 362 g/mol. The number of carbonyl (C=O) groups excluding carboxylic acids is 1. The van der Waals surface area contributed by atoms with Gasteiger partial charge in [0.2, 0.25) is 5.91 Å². The molecule has 3 rings (SSSR count). The van der Waals surface area contributed by atoms with Crippen molar-refractivity contribution in [1.29, 1.82) is 0 Å². The Morgan fingerprint density at radius 3 is 2.15 bits per heavy atom. The Bertz CT molecular complexity index is 763. The van der Waals surface area contributed by atoms with E-state index in [9.17, 15) is 18.0 Å². The fourth-order valence-corrected chi connectivity index (χ4v) is 3.21. The van der Waals surface area contributed by atoms with Crippen LogP contribution in [0.25, 0.3) is 0 Å². The summed E-state index contributed by atoms with van der Waals surface area (Å²) in [4.78, 5) is 16.5. The number of alkyl halides is 3. The summed E-state index contributed by atoms with van der Waals surface area (Å²) in [5, 5.41) is 0. The second-order valence-electron chi connectivity index (χ2n) is 6.53. The van der Waals surface area contributed by atoms with E-state index in [-0.39, 0.29) is 12.3 Å². The predicted molar refractivity (Wildman–Crippen MR) is 95.1 cm³/mol. The van der Waals surface area contributed by atoms with Crippen molar-refractivity contribution in [2.75, 3.05) is 31.1 Å². The molecule has 1 aliphatic heterocycles. The molecule has 0 unspecified atom stereocenters. The van der Waals surface area contributed by atoms with Crippen molar-refractivity contribution in [3.8, 4) is 0 Å². The van der Waals surface area contributed by atoms with E-state index in [1.54, 1.807) is 4.90 Å². The number of hydrogen-bond donors (Lipinski definition) is 0. The van der Waals surface area contributed by atoms with E-state index in [2.05, 4.69) is 24.0 Å². The molecule has 0 radical (unpaired) electrons. The number of halogens is 3. The van der Waals surface area contributed by atoms with Crippen molar-refractivity contribution in [3.63, 3.8) is 0 Å². The summed E-state index contributed by atoms with van der Waals surface area (Å²) in [5.74, 6) is -0.0470. The number of amides is 1. The normalized spacial score (nSPS) is 15.2. The average molecular weight is 362 g/mol. The van der Waals surface area contributed by atoms with E-state index in [0.717, 1.165) is 25.2 Å². The molecule has 138 valence electrons. The highest BCUT2D eigenvalue weighted by molar-refractivity contribution is 5.79. The number of carbonyl (C=O) groups is 1. The van der Waals surface area contributed by atoms with Crippen LogP contribution >= 0.6 is 0 Å². The van der Waals surface area contributed by atoms with Crippen molar-refractivity contribution in [1.82, 2.24) is 4.90 Å². The molecular weight excluding hydrogens is 341 g/mol. The Hall–Kier alpha value is -2.50. The molecule has 1 aliphatic rings. The topological polar surface area (TPSA) is 23.6 Å². The minimum Gasteiger partial charge on any atom is -0.368 e. The molecule has 1 amide bonds. The number of para-hydroxylation sites is 1. The van der Waals surface area contributed by atoms with Crippen LogP contribution in [0, 0.1) is 6.92 Å². The van der Waals surface area contributed by atoms with Crippen molar-refractivity contribution in [3.05, 3.63) is 65.2 Å². The maximum Gasteiger partial charge on any atom is 0.416 e. The van der Waals surface area contributed by atoms with Gasteiger partial charge in [-0.15, -0.1) is 0 Å². The number of anilines is 1. The molecular formula is C20H21F3N2O. The second kappa shape index (κ2) is 7.40. The molecule has 6 heteroatoms. The van der Waals surface area contributed by atoms with Crippen LogP contribution in [0.1, 0.15) is 16.7 Å². The minimum atomic E-state index is -4.35. The van der Waals surface area contributed by atoms with Gasteiger partial charge in [0.05, 0.1) is 12.0 Å². The van der Waals surface area contributed by atoms with Gasteiger partial charge in [0, 0.05) is 31.9 Å². The number of nitrogens with zero attached hydrogens (tertiary/aromatic N) is 2. The van der Waals surface area contributed by atoms with E-state index in [1.165, 1.54) is 23.4 Å². The molecule has 0 spiro atoms. The van der Waals surface area contributed by atoms with Gasteiger partial charge in [-0.3, -0.25) is 4.79 Å². The lowest BCUT2D eigenvalue weighted by molar-refractivity contribution is -0.137.